The topological polar surface area (TPSA) is 41.5 Å². The first-order chi connectivity index (χ1) is 12.1. The largest absolute Gasteiger partial charge is 0.309 e. The van der Waals surface area contributed by atoms with E-state index in [1.807, 2.05) is 12.1 Å². The van der Waals surface area contributed by atoms with Gasteiger partial charge >= 0.3 is 0 Å². The summed E-state index contributed by atoms with van der Waals surface area (Å²) in [7, 11) is 0. The third-order valence-corrected chi connectivity index (χ3v) is 6.03. The van der Waals surface area contributed by atoms with Gasteiger partial charge in [-0.05, 0) is 36.1 Å². The van der Waals surface area contributed by atoms with Crippen molar-refractivity contribution in [2.24, 2.45) is 4.99 Å². The van der Waals surface area contributed by atoms with Gasteiger partial charge in [0.2, 0.25) is 5.91 Å². The van der Waals surface area contributed by atoms with Gasteiger partial charge < -0.3 is 5.32 Å². The molecule has 126 valence electrons. The van der Waals surface area contributed by atoms with E-state index >= 15 is 0 Å². The Morgan fingerprint density at radius 2 is 1.76 bits per heavy atom. The van der Waals surface area contributed by atoms with Crippen molar-refractivity contribution in [2.75, 3.05) is 5.75 Å². The monoisotopic (exact) mass is 348 g/mol. The van der Waals surface area contributed by atoms with E-state index < -0.39 is 0 Å². The van der Waals surface area contributed by atoms with Crippen LogP contribution in [0.1, 0.15) is 34.6 Å². The van der Waals surface area contributed by atoms with Crippen molar-refractivity contribution in [3.63, 3.8) is 0 Å². The predicted octanol–water partition coefficient (Wildman–Crippen LogP) is 4.31. The van der Waals surface area contributed by atoms with E-state index in [1.165, 1.54) is 21.6 Å². The van der Waals surface area contributed by atoms with E-state index in [4.69, 9.17) is 4.99 Å². The molecule has 2 heterocycles. The van der Waals surface area contributed by atoms with Gasteiger partial charge in [0.15, 0.2) is 0 Å². The summed E-state index contributed by atoms with van der Waals surface area (Å²) >= 11 is 1.63. The molecule has 0 spiro atoms. The molecule has 0 saturated heterocycles. The number of carbonyl (C=O) groups is 1. The van der Waals surface area contributed by atoms with Gasteiger partial charge in [-0.1, -0.05) is 48.5 Å². The molecule has 2 aromatic carbocycles. The lowest BCUT2D eigenvalue weighted by Gasteiger charge is -2.31. The average Bonchev–Trinajstić information content (AvgIpc) is 2.61. The third-order valence-electron chi connectivity index (χ3n) is 4.83. The van der Waals surface area contributed by atoms with E-state index in [1.54, 1.807) is 11.8 Å². The molecule has 0 aromatic heterocycles. The summed E-state index contributed by atoms with van der Waals surface area (Å²) in [6.07, 6.45) is 0.859. The summed E-state index contributed by atoms with van der Waals surface area (Å²) in [5, 5.41) is 2.99. The van der Waals surface area contributed by atoms with E-state index in [9.17, 15) is 4.79 Å². The fourth-order valence-electron chi connectivity index (χ4n) is 3.55. The third kappa shape index (κ3) is 3.02. The number of allylic oxidation sites excluding steroid dienone is 1. The lowest BCUT2D eigenvalue weighted by Crippen LogP contribution is -2.33. The number of carbonyl (C=O) groups excluding carboxylic acids is 1. The van der Waals surface area contributed by atoms with Crippen LogP contribution in [0.15, 0.2) is 64.2 Å². The van der Waals surface area contributed by atoms with Crippen molar-refractivity contribution >= 4 is 23.4 Å². The first-order valence-electron chi connectivity index (χ1n) is 8.49. The van der Waals surface area contributed by atoms with Crippen LogP contribution >= 0.6 is 11.8 Å². The summed E-state index contributed by atoms with van der Waals surface area (Å²) in [5.74, 6) is 1.48. The maximum absolute atomic E-state index is 11.9. The summed E-state index contributed by atoms with van der Waals surface area (Å²) in [6, 6.07) is 16.8. The van der Waals surface area contributed by atoms with Gasteiger partial charge in [-0.2, -0.15) is 0 Å². The number of amides is 1. The Hall–Kier alpha value is -2.33. The van der Waals surface area contributed by atoms with Crippen molar-refractivity contribution in [2.45, 2.75) is 26.2 Å². The fraction of sp³-hybridized carbons (Fsp3) is 0.238. The molecule has 4 heteroatoms. The van der Waals surface area contributed by atoms with Crippen LogP contribution in [0, 0.1) is 13.8 Å². The van der Waals surface area contributed by atoms with Gasteiger partial charge in [-0.25, -0.2) is 4.99 Å². The first kappa shape index (κ1) is 16.2. The van der Waals surface area contributed by atoms with Crippen molar-refractivity contribution in [1.29, 1.82) is 0 Å². The number of nitrogens with one attached hydrogen (secondary N) is 1. The Labute approximate surface area is 152 Å². The van der Waals surface area contributed by atoms with Crippen molar-refractivity contribution in [3.05, 3.63) is 81.5 Å². The lowest BCUT2D eigenvalue weighted by molar-refractivity contribution is -0.118. The average molecular weight is 348 g/mol. The van der Waals surface area contributed by atoms with Gasteiger partial charge in [0.05, 0.1) is 11.5 Å². The fourth-order valence-corrected chi connectivity index (χ4v) is 4.56. The highest BCUT2D eigenvalue weighted by Crippen LogP contribution is 2.43. The number of aryl methyl sites for hydroxylation is 2. The summed E-state index contributed by atoms with van der Waals surface area (Å²) in [6.45, 7) is 4.26. The van der Waals surface area contributed by atoms with Crippen LogP contribution in [-0.4, -0.2) is 17.4 Å². The number of aliphatic imine (C=N–C) groups is 1. The molecule has 0 fully saturated rings. The van der Waals surface area contributed by atoms with Gasteiger partial charge in [-0.3, -0.25) is 4.79 Å². The first-order valence-corrected chi connectivity index (χ1v) is 9.48. The second-order valence-electron chi connectivity index (χ2n) is 6.54. The Kier molecular flexibility index (Phi) is 4.22. The Morgan fingerprint density at radius 1 is 1.04 bits per heavy atom. The summed E-state index contributed by atoms with van der Waals surface area (Å²) < 4.78 is 0. The number of hydrogen-bond donors (Lipinski definition) is 1. The molecule has 1 amide bonds. The van der Waals surface area contributed by atoms with Crippen LogP contribution in [0.3, 0.4) is 0 Å². The Balaban J connectivity index is 1.84. The second-order valence-corrected chi connectivity index (χ2v) is 7.55. The highest BCUT2D eigenvalue weighted by Gasteiger charge is 2.32. The van der Waals surface area contributed by atoms with Gasteiger partial charge in [0.1, 0.15) is 5.82 Å². The Morgan fingerprint density at radius 3 is 2.52 bits per heavy atom. The van der Waals surface area contributed by atoms with Crippen LogP contribution in [0.25, 0.3) is 0 Å². The lowest BCUT2D eigenvalue weighted by atomic mass is 9.85. The molecule has 2 aliphatic rings. The Bertz CT molecular complexity index is 914. The molecule has 1 unspecified atom stereocenters. The molecule has 0 radical (unpaired) electrons. The standard InChI is InChI=1S/C21H20N2OS/c1-13-7-3-5-9-15(13)17-11-18(16-10-6-4-8-14(16)2)22-21-20(17)25-12-19(24)23-21/h3-10,17H,11-12H2,1-2H3,(H,23,24). The zero-order valence-electron chi connectivity index (χ0n) is 14.4. The second kappa shape index (κ2) is 6.52. The number of thioether (sulfide) groups is 1. The van der Waals surface area contributed by atoms with Gasteiger partial charge in [0.25, 0.3) is 0 Å². The minimum Gasteiger partial charge on any atom is -0.309 e. The highest BCUT2D eigenvalue weighted by atomic mass is 32.2. The molecule has 1 N–H and O–H groups in total. The van der Waals surface area contributed by atoms with Crippen LogP contribution in [-0.2, 0) is 4.79 Å². The number of benzene rings is 2. The van der Waals surface area contributed by atoms with Crippen LogP contribution in [0.5, 0.6) is 0 Å². The quantitative estimate of drug-likeness (QED) is 0.878. The number of hydrogen-bond acceptors (Lipinski definition) is 3. The molecule has 4 rings (SSSR count). The molecular weight excluding hydrogens is 328 g/mol. The van der Waals surface area contributed by atoms with Crippen molar-refractivity contribution in [1.82, 2.24) is 5.32 Å². The molecule has 0 bridgehead atoms. The molecule has 0 aliphatic carbocycles. The van der Waals surface area contributed by atoms with E-state index in [0.29, 0.717) is 5.75 Å². The van der Waals surface area contributed by atoms with Crippen LogP contribution in [0.4, 0.5) is 0 Å². The maximum Gasteiger partial charge on any atom is 0.235 e. The normalized spacial score (nSPS) is 20.0. The van der Waals surface area contributed by atoms with Crippen LogP contribution in [0.2, 0.25) is 0 Å². The molecular formula is C21H20N2OS. The van der Waals surface area contributed by atoms with E-state index in [2.05, 4.69) is 55.6 Å². The predicted molar refractivity (Wildman–Crippen MR) is 104 cm³/mol. The molecule has 3 nitrogen and oxygen atoms in total. The van der Waals surface area contributed by atoms with E-state index in [0.717, 1.165) is 23.5 Å². The van der Waals surface area contributed by atoms with Gasteiger partial charge in [-0.15, -0.1) is 11.8 Å². The minimum absolute atomic E-state index is 0.0297. The minimum atomic E-state index is 0.0297. The number of rotatable bonds is 2. The molecule has 1 atom stereocenters. The maximum atomic E-state index is 11.9. The zero-order valence-corrected chi connectivity index (χ0v) is 15.2. The van der Waals surface area contributed by atoms with E-state index in [-0.39, 0.29) is 11.8 Å². The van der Waals surface area contributed by atoms with Crippen molar-refractivity contribution in [3.8, 4) is 0 Å². The molecule has 25 heavy (non-hydrogen) atoms. The van der Waals surface area contributed by atoms with Crippen molar-refractivity contribution < 1.29 is 4.79 Å². The zero-order chi connectivity index (χ0) is 17.4. The molecule has 0 saturated carbocycles. The van der Waals surface area contributed by atoms with Gasteiger partial charge in [0, 0.05) is 17.2 Å². The summed E-state index contributed by atoms with van der Waals surface area (Å²) in [5.41, 5.74) is 6.02. The SMILES string of the molecule is Cc1ccccc1C1=NC2=C(SCC(=O)N2)C(c2ccccc2C)C1. The highest BCUT2D eigenvalue weighted by molar-refractivity contribution is 8.03. The smallest absolute Gasteiger partial charge is 0.235 e. The molecule has 2 aromatic rings. The molecule has 2 aliphatic heterocycles. The van der Waals surface area contributed by atoms with Crippen LogP contribution < -0.4 is 5.32 Å². The summed E-state index contributed by atoms with van der Waals surface area (Å²) in [4.78, 5) is 17.9. The number of nitrogens with zero attached hydrogens (tertiary/aromatic N) is 1.